The van der Waals surface area contributed by atoms with E-state index >= 15 is 0 Å². The van der Waals surface area contributed by atoms with E-state index < -0.39 is 11.8 Å². The molecule has 2 N–H and O–H groups in total. The Labute approximate surface area is 161 Å². The minimum atomic E-state index is -0.431. The molecule has 4 rings (SSSR count). The van der Waals surface area contributed by atoms with Crippen LogP contribution in [-0.4, -0.2) is 47.8 Å². The lowest BCUT2D eigenvalue weighted by molar-refractivity contribution is -0.121. The standard InChI is InChI=1S/C21H19N3O4/c1-28-14-6-7-18-17(10-14)13(11-23-18)8-9-22-19(25)12-24-20(26)15-4-2-3-5-16(15)21(24)27/h2-7,10-11,23H,8-9,12H2,1H3,(H,22,25). The van der Waals surface area contributed by atoms with Gasteiger partial charge in [-0.2, -0.15) is 0 Å². The number of nitrogens with zero attached hydrogens (tertiary/aromatic N) is 1. The molecule has 0 radical (unpaired) electrons. The summed E-state index contributed by atoms with van der Waals surface area (Å²) in [5.41, 5.74) is 2.73. The number of amides is 3. The van der Waals surface area contributed by atoms with Crippen LogP contribution in [0.15, 0.2) is 48.7 Å². The maximum absolute atomic E-state index is 12.3. The predicted octanol–water partition coefficient (Wildman–Crippen LogP) is 2.13. The molecular weight excluding hydrogens is 358 g/mol. The van der Waals surface area contributed by atoms with E-state index in [1.54, 1.807) is 31.4 Å². The van der Waals surface area contributed by atoms with Gasteiger partial charge in [0.2, 0.25) is 5.91 Å². The number of imide groups is 1. The van der Waals surface area contributed by atoms with Gasteiger partial charge in [0, 0.05) is 23.6 Å². The normalized spacial score (nSPS) is 13.1. The Morgan fingerprint density at radius 3 is 2.50 bits per heavy atom. The number of methoxy groups -OCH3 is 1. The van der Waals surface area contributed by atoms with Crippen LogP contribution in [0.3, 0.4) is 0 Å². The number of nitrogens with one attached hydrogen (secondary N) is 2. The van der Waals surface area contributed by atoms with Crippen LogP contribution in [-0.2, 0) is 11.2 Å². The van der Waals surface area contributed by atoms with Crippen LogP contribution in [0.25, 0.3) is 10.9 Å². The zero-order valence-corrected chi connectivity index (χ0v) is 15.3. The van der Waals surface area contributed by atoms with Crippen molar-refractivity contribution in [3.63, 3.8) is 0 Å². The van der Waals surface area contributed by atoms with Gasteiger partial charge in [-0.1, -0.05) is 12.1 Å². The summed E-state index contributed by atoms with van der Waals surface area (Å²) in [4.78, 5) is 41.1. The summed E-state index contributed by atoms with van der Waals surface area (Å²) in [6, 6.07) is 12.4. The second kappa shape index (κ2) is 7.19. The van der Waals surface area contributed by atoms with E-state index in [9.17, 15) is 14.4 Å². The second-order valence-corrected chi connectivity index (χ2v) is 6.57. The molecule has 3 aromatic rings. The Kier molecular flexibility index (Phi) is 4.57. The van der Waals surface area contributed by atoms with Gasteiger partial charge >= 0.3 is 0 Å². The summed E-state index contributed by atoms with van der Waals surface area (Å²) < 4.78 is 5.26. The van der Waals surface area contributed by atoms with Gasteiger partial charge in [-0.3, -0.25) is 19.3 Å². The molecule has 0 unspecified atom stereocenters. The molecule has 28 heavy (non-hydrogen) atoms. The fourth-order valence-corrected chi connectivity index (χ4v) is 3.41. The summed E-state index contributed by atoms with van der Waals surface area (Å²) in [6.45, 7) is 0.111. The number of aromatic amines is 1. The van der Waals surface area contributed by atoms with Crippen molar-refractivity contribution in [1.82, 2.24) is 15.2 Å². The molecule has 0 bridgehead atoms. The van der Waals surface area contributed by atoms with Crippen LogP contribution in [0.5, 0.6) is 5.75 Å². The third-order valence-electron chi connectivity index (χ3n) is 4.87. The molecular formula is C21H19N3O4. The number of hydrogen-bond acceptors (Lipinski definition) is 4. The van der Waals surface area contributed by atoms with E-state index in [0.29, 0.717) is 24.1 Å². The third kappa shape index (κ3) is 3.11. The highest BCUT2D eigenvalue weighted by atomic mass is 16.5. The number of H-pyrrole nitrogens is 1. The molecule has 1 aliphatic heterocycles. The maximum Gasteiger partial charge on any atom is 0.262 e. The highest BCUT2D eigenvalue weighted by Crippen LogP contribution is 2.24. The number of ether oxygens (including phenoxy) is 1. The lowest BCUT2D eigenvalue weighted by atomic mass is 10.1. The topological polar surface area (TPSA) is 91.5 Å². The van der Waals surface area contributed by atoms with Crippen molar-refractivity contribution < 1.29 is 19.1 Å². The number of benzene rings is 2. The molecule has 0 fully saturated rings. The highest BCUT2D eigenvalue weighted by molar-refractivity contribution is 6.22. The molecule has 0 saturated carbocycles. The smallest absolute Gasteiger partial charge is 0.262 e. The molecule has 2 heterocycles. The predicted molar refractivity (Wildman–Crippen MR) is 103 cm³/mol. The van der Waals surface area contributed by atoms with Crippen molar-refractivity contribution in [2.24, 2.45) is 0 Å². The lowest BCUT2D eigenvalue weighted by Gasteiger charge is -2.13. The summed E-state index contributed by atoms with van der Waals surface area (Å²) in [6.07, 6.45) is 2.52. The Bertz CT molecular complexity index is 1050. The molecule has 1 aromatic heterocycles. The number of carbonyl (C=O) groups is 3. The lowest BCUT2D eigenvalue weighted by Crippen LogP contribution is -2.40. The number of fused-ring (bicyclic) bond motifs is 2. The quantitative estimate of drug-likeness (QED) is 0.644. The van der Waals surface area contributed by atoms with Gasteiger partial charge in [-0.05, 0) is 42.3 Å². The Morgan fingerprint density at radius 2 is 1.82 bits per heavy atom. The largest absolute Gasteiger partial charge is 0.497 e. The Hall–Kier alpha value is -3.61. The molecule has 0 saturated heterocycles. The number of carbonyl (C=O) groups excluding carboxylic acids is 3. The molecule has 1 aliphatic rings. The minimum Gasteiger partial charge on any atom is -0.497 e. The zero-order valence-electron chi connectivity index (χ0n) is 15.3. The Morgan fingerprint density at radius 1 is 1.11 bits per heavy atom. The average molecular weight is 377 g/mol. The van der Waals surface area contributed by atoms with Crippen molar-refractivity contribution in [2.75, 3.05) is 20.2 Å². The van der Waals surface area contributed by atoms with Crippen LogP contribution in [0.2, 0.25) is 0 Å². The van der Waals surface area contributed by atoms with Crippen LogP contribution in [0.4, 0.5) is 0 Å². The van der Waals surface area contributed by atoms with Crippen molar-refractivity contribution in [2.45, 2.75) is 6.42 Å². The second-order valence-electron chi connectivity index (χ2n) is 6.57. The molecule has 2 aromatic carbocycles. The molecule has 142 valence electrons. The maximum atomic E-state index is 12.3. The third-order valence-corrected chi connectivity index (χ3v) is 4.87. The first-order chi connectivity index (χ1) is 13.6. The summed E-state index contributed by atoms with van der Waals surface area (Å²) in [5, 5.41) is 3.81. The molecule has 0 atom stereocenters. The van der Waals surface area contributed by atoms with Crippen LogP contribution in [0.1, 0.15) is 26.3 Å². The van der Waals surface area contributed by atoms with Crippen molar-refractivity contribution in [3.05, 3.63) is 65.4 Å². The van der Waals surface area contributed by atoms with Gasteiger partial charge in [-0.25, -0.2) is 0 Å². The molecule has 0 spiro atoms. The van der Waals surface area contributed by atoms with E-state index in [4.69, 9.17) is 4.74 Å². The minimum absolute atomic E-state index is 0.284. The van der Waals surface area contributed by atoms with Gasteiger partial charge in [0.1, 0.15) is 12.3 Å². The first-order valence-corrected chi connectivity index (χ1v) is 8.94. The number of hydrogen-bond donors (Lipinski definition) is 2. The fraction of sp³-hybridized carbons (Fsp3) is 0.190. The summed E-state index contributed by atoms with van der Waals surface area (Å²) in [7, 11) is 1.62. The van der Waals surface area contributed by atoms with Crippen LogP contribution < -0.4 is 10.1 Å². The molecule has 7 nitrogen and oxygen atoms in total. The van der Waals surface area contributed by atoms with Gasteiger partial charge < -0.3 is 15.0 Å². The number of rotatable bonds is 6. The van der Waals surface area contributed by atoms with E-state index in [-0.39, 0.29) is 12.5 Å². The van der Waals surface area contributed by atoms with Crippen LogP contribution >= 0.6 is 0 Å². The van der Waals surface area contributed by atoms with Crippen molar-refractivity contribution in [3.8, 4) is 5.75 Å². The Balaban J connectivity index is 1.36. The van der Waals surface area contributed by atoms with E-state index in [0.717, 1.165) is 27.1 Å². The zero-order chi connectivity index (χ0) is 19.7. The summed E-state index contributed by atoms with van der Waals surface area (Å²) in [5.74, 6) is -0.464. The van der Waals surface area contributed by atoms with Gasteiger partial charge in [0.25, 0.3) is 11.8 Å². The number of aromatic nitrogens is 1. The first kappa shape index (κ1) is 17.8. The summed E-state index contributed by atoms with van der Waals surface area (Å²) >= 11 is 0. The highest BCUT2D eigenvalue weighted by Gasteiger charge is 2.36. The van der Waals surface area contributed by atoms with Gasteiger partial charge in [0.15, 0.2) is 0 Å². The van der Waals surface area contributed by atoms with Crippen molar-refractivity contribution in [1.29, 1.82) is 0 Å². The molecule has 0 aliphatic carbocycles. The van der Waals surface area contributed by atoms with Gasteiger partial charge in [-0.15, -0.1) is 0 Å². The monoisotopic (exact) mass is 377 g/mol. The van der Waals surface area contributed by atoms with Crippen molar-refractivity contribution >= 4 is 28.6 Å². The molecule has 3 amide bonds. The first-order valence-electron chi connectivity index (χ1n) is 8.94. The van der Waals surface area contributed by atoms with Gasteiger partial charge in [0.05, 0.1) is 18.2 Å². The molecule has 7 heteroatoms. The van der Waals surface area contributed by atoms with Crippen LogP contribution in [0, 0.1) is 0 Å². The van der Waals surface area contributed by atoms with E-state index in [1.807, 2.05) is 24.4 Å². The SMILES string of the molecule is COc1ccc2[nH]cc(CCNC(=O)CN3C(=O)c4ccccc4C3=O)c2c1. The van der Waals surface area contributed by atoms with E-state index in [1.165, 1.54) is 0 Å². The average Bonchev–Trinajstić information content (AvgIpc) is 3.22. The fourth-order valence-electron chi connectivity index (χ4n) is 3.41. The van der Waals surface area contributed by atoms with E-state index in [2.05, 4.69) is 10.3 Å².